The Labute approximate surface area is 116 Å². The molecule has 3 heteroatoms. The van der Waals surface area contributed by atoms with Crippen LogP contribution in [0.15, 0.2) is 36.4 Å². The fourth-order valence-corrected chi connectivity index (χ4v) is 3.06. The highest BCUT2D eigenvalue weighted by molar-refractivity contribution is 5.82. The summed E-state index contributed by atoms with van der Waals surface area (Å²) in [5.74, 6) is 0. The minimum Gasteiger partial charge on any atom is -0.170 e. The third-order valence-corrected chi connectivity index (χ3v) is 4.28. The minimum absolute atomic E-state index is 0.366. The summed E-state index contributed by atoms with van der Waals surface area (Å²) in [5.41, 5.74) is 1.91. The Morgan fingerprint density at radius 3 is 1.55 bits per heavy atom. The number of hydrogen-bond acceptors (Lipinski definition) is 0. The lowest BCUT2D eigenvalue weighted by Gasteiger charge is -2.30. The lowest BCUT2D eigenvalue weighted by atomic mass is 9.79. The second-order valence-electron chi connectivity index (χ2n) is 5.72. The van der Waals surface area contributed by atoms with Gasteiger partial charge in [-0.05, 0) is 43.0 Å². The first-order valence-corrected chi connectivity index (χ1v) is 6.54. The van der Waals surface area contributed by atoms with Gasteiger partial charge in [-0.1, -0.05) is 47.5 Å². The van der Waals surface area contributed by atoms with Gasteiger partial charge in [-0.25, -0.2) is 0 Å². The van der Waals surface area contributed by atoms with E-state index in [9.17, 15) is 13.2 Å². The minimum atomic E-state index is -4.31. The molecule has 0 heterocycles. The molecule has 0 atom stereocenters. The zero-order valence-corrected chi connectivity index (χ0v) is 11.6. The van der Waals surface area contributed by atoms with Crippen molar-refractivity contribution in [3.05, 3.63) is 58.7 Å². The lowest BCUT2D eigenvalue weighted by Crippen LogP contribution is -2.38. The van der Waals surface area contributed by atoms with Crippen LogP contribution in [0.5, 0.6) is 0 Å². The van der Waals surface area contributed by atoms with Crippen molar-refractivity contribution >= 4 is 0 Å². The highest BCUT2D eigenvalue weighted by Gasteiger charge is 2.58. The van der Waals surface area contributed by atoms with Crippen molar-refractivity contribution in [3.8, 4) is 11.1 Å². The van der Waals surface area contributed by atoms with E-state index in [-0.39, 0.29) is 0 Å². The van der Waals surface area contributed by atoms with E-state index < -0.39 is 11.6 Å². The molecule has 2 aromatic carbocycles. The highest BCUT2D eigenvalue weighted by Crippen LogP contribution is 2.56. The second kappa shape index (κ2) is 3.87. The van der Waals surface area contributed by atoms with Gasteiger partial charge in [0.25, 0.3) is 0 Å². The molecule has 0 saturated carbocycles. The van der Waals surface area contributed by atoms with Crippen LogP contribution >= 0.6 is 0 Å². The van der Waals surface area contributed by atoms with Crippen LogP contribution in [0.3, 0.4) is 0 Å². The Balaban J connectivity index is 2.42. The molecule has 3 rings (SSSR count). The molecular formula is C17H15F3. The van der Waals surface area contributed by atoms with Crippen molar-refractivity contribution in [1.82, 2.24) is 0 Å². The van der Waals surface area contributed by atoms with Crippen molar-refractivity contribution in [3.63, 3.8) is 0 Å². The molecule has 2 aromatic rings. The number of halogens is 3. The Morgan fingerprint density at radius 1 is 0.800 bits per heavy atom. The summed E-state index contributed by atoms with van der Waals surface area (Å²) in [6, 6.07) is 10.7. The third kappa shape index (κ3) is 1.55. The summed E-state index contributed by atoms with van der Waals surface area (Å²) in [7, 11) is 0. The number of alkyl halides is 3. The van der Waals surface area contributed by atoms with E-state index in [4.69, 9.17) is 0 Å². The quantitative estimate of drug-likeness (QED) is 0.624. The number of hydrogen-bond donors (Lipinski definition) is 0. The molecule has 104 valence electrons. The van der Waals surface area contributed by atoms with Crippen molar-refractivity contribution in [2.45, 2.75) is 32.4 Å². The Morgan fingerprint density at radius 2 is 1.20 bits per heavy atom. The molecule has 0 aliphatic heterocycles. The Kier molecular flexibility index (Phi) is 2.56. The maximum Gasteiger partial charge on any atom is 0.402 e. The Bertz CT molecular complexity index is 644. The van der Waals surface area contributed by atoms with Crippen molar-refractivity contribution < 1.29 is 13.2 Å². The molecule has 0 nitrogen and oxygen atoms in total. The van der Waals surface area contributed by atoms with Gasteiger partial charge in [0.1, 0.15) is 5.41 Å². The van der Waals surface area contributed by atoms with Crippen LogP contribution in [0, 0.1) is 13.8 Å². The van der Waals surface area contributed by atoms with E-state index in [0.717, 1.165) is 11.1 Å². The van der Waals surface area contributed by atoms with E-state index in [1.165, 1.54) is 6.92 Å². The Hall–Kier alpha value is -1.77. The standard InChI is InChI=1S/C17H15F3/c1-10-4-6-12-13-7-5-11(2)9-15(13)16(3,14(12)8-10)17(18,19)20/h4-9H,1-3H3. The molecule has 0 spiro atoms. The van der Waals surface area contributed by atoms with Crippen molar-refractivity contribution in [1.29, 1.82) is 0 Å². The molecule has 1 aliphatic rings. The van der Waals surface area contributed by atoms with Crippen molar-refractivity contribution in [2.24, 2.45) is 0 Å². The third-order valence-electron chi connectivity index (χ3n) is 4.28. The van der Waals surface area contributed by atoms with Gasteiger partial charge in [0.05, 0.1) is 0 Å². The summed E-state index contributed by atoms with van der Waals surface area (Å²) < 4.78 is 41.3. The monoisotopic (exact) mass is 276 g/mol. The van der Waals surface area contributed by atoms with Gasteiger partial charge >= 0.3 is 6.18 Å². The van der Waals surface area contributed by atoms with Crippen LogP contribution in [-0.2, 0) is 5.41 Å². The molecular weight excluding hydrogens is 261 g/mol. The normalized spacial score (nSPS) is 15.9. The van der Waals surface area contributed by atoms with E-state index in [2.05, 4.69) is 0 Å². The van der Waals surface area contributed by atoms with Gasteiger partial charge in [0.2, 0.25) is 0 Å². The highest BCUT2D eigenvalue weighted by atomic mass is 19.4. The maximum atomic E-state index is 13.8. The average Bonchev–Trinajstić information content (AvgIpc) is 2.60. The van der Waals surface area contributed by atoms with Crippen LogP contribution in [0.1, 0.15) is 29.2 Å². The van der Waals surface area contributed by atoms with Gasteiger partial charge in [-0.2, -0.15) is 13.2 Å². The summed E-state index contributed by atoms with van der Waals surface area (Å²) in [6.07, 6.45) is -4.31. The molecule has 0 aromatic heterocycles. The van der Waals surface area contributed by atoms with Crippen LogP contribution in [0.25, 0.3) is 11.1 Å². The number of benzene rings is 2. The predicted molar refractivity (Wildman–Crippen MR) is 73.9 cm³/mol. The maximum absolute atomic E-state index is 13.8. The molecule has 0 unspecified atom stereocenters. The molecule has 0 amide bonds. The number of fused-ring (bicyclic) bond motifs is 3. The van der Waals surface area contributed by atoms with Crippen molar-refractivity contribution in [2.75, 3.05) is 0 Å². The fraction of sp³-hybridized carbons (Fsp3) is 0.294. The van der Waals surface area contributed by atoms with Crippen LogP contribution in [0.4, 0.5) is 13.2 Å². The number of rotatable bonds is 0. The van der Waals surface area contributed by atoms with E-state index in [1.54, 1.807) is 24.3 Å². The SMILES string of the molecule is Cc1ccc2c(c1)C(C)(C(F)(F)F)c1cc(C)ccc1-2. The second-order valence-corrected chi connectivity index (χ2v) is 5.72. The first kappa shape index (κ1) is 13.2. The van der Waals surface area contributed by atoms with Gasteiger partial charge < -0.3 is 0 Å². The van der Waals surface area contributed by atoms with Gasteiger partial charge in [0.15, 0.2) is 0 Å². The predicted octanol–water partition coefficient (Wildman–Crippen LogP) is 5.15. The first-order chi connectivity index (χ1) is 9.25. The van der Waals surface area contributed by atoms with Crippen LogP contribution < -0.4 is 0 Å². The molecule has 0 radical (unpaired) electrons. The van der Waals surface area contributed by atoms with Gasteiger partial charge in [-0.15, -0.1) is 0 Å². The topological polar surface area (TPSA) is 0 Å². The molecule has 0 saturated heterocycles. The van der Waals surface area contributed by atoms with E-state index >= 15 is 0 Å². The van der Waals surface area contributed by atoms with Crippen LogP contribution in [-0.4, -0.2) is 6.18 Å². The molecule has 1 aliphatic carbocycles. The van der Waals surface area contributed by atoms with Gasteiger partial charge in [0, 0.05) is 0 Å². The average molecular weight is 276 g/mol. The summed E-state index contributed by atoms with van der Waals surface area (Å²) in [4.78, 5) is 0. The molecule has 0 bridgehead atoms. The van der Waals surface area contributed by atoms with E-state index in [0.29, 0.717) is 22.3 Å². The molecule has 0 fully saturated rings. The first-order valence-electron chi connectivity index (χ1n) is 6.54. The van der Waals surface area contributed by atoms with Crippen LogP contribution in [0.2, 0.25) is 0 Å². The molecule has 20 heavy (non-hydrogen) atoms. The molecule has 0 N–H and O–H groups in total. The fourth-order valence-electron chi connectivity index (χ4n) is 3.06. The largest absolute Gasteiger partial charge is 0.402 e. The van der Waals surface area contributed by atoms with Gasteiger partial charge in [-0.3, -0.25) is 0 Å². The zero-order valence-electron chi connectivity index (χ0n) is 11.6. The summed E-state index contributed by atoms with van der Waals surface area (Å²) >= 11 is 0. The number of aryl methyl sites for hydroxylation is 2. The summed E-state index contributed by atoms with van der Waals surface area (Å²) in [6.45, 7) is 4.94. The zero-order chi connectivity index (χ0) is 14.7. The lowest BCUT2D eigenvalue weighted by molar-refractivity contribution is -0.172. The summed E-state index contributed by atoms with van der Waals surface area (Å²) in [5, 5.41) is 0. The smallest absolute Gasteiger partial charge is 0.170 e. The van der Waals surface area contributed by atoms with E-state index in [1.807, 2.05) is 26.0 Å².